The van der Waals surface area contributed by atoms with Crippen LogP contribution >= 0.6 is 0 Å². The van der Waals surface area contributed by atoms with E-state index in [9.17, 15) is 14.7 Å². The highest BCUT2D eigenvalue weighted by Crippen LogP contribution is 2.11. The van der Waals surface area contributed by atoms with Crippen LogP contribution in [0.5, 0.6) is 5.88 Å². The van der Waals surface area contributed by atoms with E-state index in [1.165, 1.54) is 0 Å². The van der Waals surface area contributed by atoms with Crippen LogP contribution in [0.4, 0.5) is 5.69 Å². The number of carbonyl (C=O) groups excluding carboxylic acids is 1. The number of aromatic nitrogens is 2. The predicted octanol–water partition coefficient (Wildman–Crippen LogP) is 0.728. The summed E-state index contributed by atoms with van der Waals surface area (Å²) in [6.07, 6.45) is 1.02. The molecule has 6 heteroatoms. The summed E-state index contributed by atoms with van der Waals surface area (Å²) in [6, 6.07) is 8.61. The van der Waals surface area contributed by atoms with E-state index in [4.69, 9.17) is 0 Å². The summed E-state index contributed by atoms with van der Waals surface area (Å²) in [5.74, 6) is -1.30. The van der Waals surface area contributed by atoms with Gasteiger partial charge in [-0.2, -0.15) is 0 Å². The molecule has 1 amide bonds. The maximum atomic E-state index is 11.7. The van der Waals surface area contributed by atoms with Gasteiger partial charge in [-0.25, -0.2) is 4.98 Å². The van der Waals surface area contributed by atoms with Crippen molar-refractivity contribution in [3.05, 3.63) is 52.6 Å². The number of rotatable bonds is 2. The van der Waals surface area contributed by atoms with Gasteiger partial charge in [0.05, 0.1) is 6.33 Å². The highest BCUT2D eigenvalue weighted by molar-refractivity contribution is 6.05. The molecule has 0 aliphatic rings. The molecular weight excluding hydrogens is 222 g/mol. The molecular formula is C11H9N3O3. The number of hydrogen-bond acceptors (Lipinski definition) is 4. The van der Waals surface area contributed by atoms with Gasteiger partial charge in [-0.1, -0.05) is 18.2 Å². The van der Waals surface area contributed by atoms with Gasteiger partial charge in [0.2, 0.25) is 5.88 Å². The molecule has 0 aliphatic heterocycles. The summed E-state index contributed by atoms with van der Waals surface area (Å²) >= 11 is 0. The van der Waals surface area contributed by atoms with Crippen LogP contribution in [0.2, 0.25) is 0 Å². The summed E-state index contributed by atoms with van der Waals surface area (Å²) < 4.78 is 0. The topological polar surface area (TPSA) is 95.1 Å². The lowest BCUT2D eigenvalue weighted by molar-refractivity contribution is 0.102. The van der Waals surface area contributed by atoms with Gasteiger partial charge in [0.25, 0.3) is 11.5 Å². The molecule has 1 heterocycles. The molecule has 17 heavy (non-hydrogen) atoms. The summed E-state index contributed by atoms with van der Waals surface area (Å²) in [7, 11) is 0. The van der Waals surface area contributed by atoms with E-state index in [0.717, 1.165) is 6.33 Å². The third-order valence-corrected chi connectivity index (χ3v) is 2.09. The minimum Gasteiger partial charge on any atom is -0.493 e. The first-order chi connectivity index (χ1) is 8.18. The van der Waals surface area contributed by atoms with Crippen molar-refractivity contribution in [1.82, 2.24) is 9.97 Å². The number of amides is 1. The maximum absolute atomic E-state index is 11.7. The zero-order valence-electron chi connectivity index (χ0n) is 8.68. The molecule has 86 valence electrons. The van der Waals surface area contributed by atoms with Gasteiger partial charge in [0.15, 0.2) is 5.56 Å². The van der Waals surface area contributed by atoms with Crippen molar-refractivity contribution in [3.8, 4) is 5.88 Å². The first kappa shape index (κ1) is 10.9. The second kappa shape index (κ2) is 4.48. The van der Waals surface area contributed by atoms with Gasteiger partial charge in [-0.3, -0.25) is 9.59 Å². The van der Waals surface area contributed by atoms with E-state index in [1.807, 2.05) is 0 Å². The Labute approximate surface area is 96.0 Å². The molecule has 0 unspecified atom stereocenters. The first-order valence-corrected chi connectivity index (χ1v) is 4.81. The molecule has 1 aromatic heterocycles. The van der Waals surface area contributed by atoms with E-state index in [0.29, 0.717) is 5.69 Å². The second-order valence-electron chi connectivity index (χ2n) is 3.25. The van der Waals surface area contributed by atoms with Gasteiger partial charge in [0, 0.05) is 5.69 Å². The third kappa shape index (κ3) is 2.31. The standard InChI is InChI=1S/C11H9N3O3/c15-9-8(10(16)13-6-12-9)11(17)14-7-4-2-1-3-5-7/h1-6H,(H,14,17)(H2,12,13,15,16). The molecule has 0 saturated heterocycles. The van der Waals surface area contributed by atoms with E-state index >= 15 is 0 Å². The van der Waals surface area contributed by atoms with Crippen LogP contribution in [0.25, 0.3) is 0 Å². The van der Waals surface area contributed by atoms with E-state index in [2.05, 4.69) is 15.3 Å². The zero-order valence-corrected chi connectivity index (χ0v) is 8.68. The second-order valence-corrected chi connectivity index (χ2v) is 3.25. The molecule has 0 aliphatic carbocycles. The number of H-pyrrole nitrogens is 1. The minimum absolute atomic E-state index is 0.406. The first-order valence-electron chi connectivity index (χ1n) is 4.81. The summed E-state index contributed by atoms with van der Waals surface area (Å²) in [6.45, 7) is 0. The van der Waals surface area contributed by atoms with Crippen molar-refractivity contribution < 1.29 is 9.90 Å². The van der Waals surface area contributed by atoms with Crippen molar-refractivity contribution in [1.29, 1.82) is 0 Å². The van der Waals surface area contributed by atoms with Gasteiger partial charge in [-0.05, 0) is 12.1 Å². The Bertz CT molecular complexity index is 592. The Morgan fingerprint density at radius 3 is 2.65 bits per heavy atom. The molecule has 1 aromatic carbocycles. The molecule has 2 aromatic rings. The summed E-state index contributed by atoms with van der Waals surface area (Å²) in [5, 5.41) is 11.8. The van der Waals surface area contributed by atoms with Crippen LogP contribution in [0.15, 0.2) is 41.5 Å². The van der Waals surface area contributed by atoms with Gasteiger partial charge < -0.3 is 15.4 Å². The monoisotopic (exact) mass is 231 g/mol. The third-order valence-electron chi connectivity index (χ3n) is 2.09. The molecule has 0 spiro atoms. The minimum atomic E-state index is -0.706. The molecule has 6 nitrogen and oxygen atoms in total. The van der Waals surface area contributed by atoms with Crippen molar-refractivity contribution in [2.45, 2.75) is 0 Å². The van der Waals surface area contributed by atoms with Crippen LogP contribution in [-0.2, 0) is 0 Å². The molecule has 0 bridgehead atoms. The van der Waals surface area contributed by atoms with Crippen LogP contribution in [0.3, 0.4) is 0 Å². The maximum Gasteiger partial charge on any atom is 0.267 e. The molecule has 0 radical (unpaired) electrons. The molecule has 0 saturated carbocycles. The molecule has 0 atom stereocenters. The van der Waals surface area contributed by atoms with Crippen LogP contribution in [0, 0.1) is 0 Å². The smallest absolute Gasteiger partial charge is 0.267 e. The lowest BCUT2D eigenvalue weighted by Crippen LogP contribution is -2.23. The normalized spacial score (nSPS) is 9.88. The number of aromatic amines is 1. The largest absolute Gasteiger partial charge is 0.493 e. The fraction of sp³-hybridized carbons (Fsp3) is 0. The Hall–Kier alpha value is -2.63. The lowest BCUT2D eigenvalue weighted by atomic mass is 10.2. The highest BCUT2D eigenvalue weighted by atomic mass is 16.3. The number of anilines is 1. The number of hydrogen-bond donors (Lipinski definition) is 3. The van der Waals surface area contributed by atoms with Gasteiger partial charge >= 0.3 is 0 Å². The summed E-state index contributed by atoms with van der Waals surface area (Å²) in [5.41, 5.74) is -0.567. The van der Waals surface area contributed by atoms with Crippen molar-refractivity contribution >= 4 is 11.6 Å². The average molecular weight is 231 g/mol. The predicted molar refractivity (Wildman–Crippen MR) is 60.9 cm³/mol. The Morgan fingerprint density at radius 2 is 2.00 bits per heavy atom. The highest BCUT2D eigenvalue weighted by Gasteiger charge is 2.16. The zero-order chi connectivity index (χ0) is 12.3. The number of para-hydroxylation sites is 1. The molecule has 2 rings (SSSR count). The molecule has 0 fully saturated rings. The van der Waals surface area contributed by atoms with Gasteiger partial charge in [0.1, 0.15) is 0 Å². The van der Waals surface area contributed by atoms with Crippen molar-refractivity contribution in [3.63, 3.8) is 0 Å². The molecule has 3 N–H and O–H groups in total. The number of benzene rings is 1. The van der Waals surface area contributed by atoms with E-state index in [1.54, 1.807) is 30.3 Å². The summed E-state index contributed by atoms with van der Waals surface area (Å²) in [4.78, 5) is 28.7. The van der Waals surface area contributed by atoms with Crippen LogP contribution in [0.1, 0.15) is 10.4 Å². The van der Waals surface area contributed by atoms with Gasteiger partial charge in [-0.15, -0.1) is 0 Å². The Morgan fingerprint density at radius 1 is 1.29 bits per heavy atom. The van der Waals surface area contributed by atoms with Crippen molar-refractivity contribution in [2.24, 2.45) is 0 Å². The number of aromatic hydroxyl groups is 1. The average Bonchev–Trinajstić information content (AvgIpc) is 2.30. The Balaban J connectivity index is 2.30. The van der Waals surface area contributed by atoms with E-state index in [-0.39, 0.29) is 0 Å². The number of carbonyl (C=O) groups is 1. The van der Waals surface area contributed by atoms with Crippen LogP contribution in [-0.4, -0.2) is 21.0 Å². The fourth-order valence-electron chi connectivity index (χ4n) is 1.31. The fourth-order valence-corrected chi connectivity index (χ4v) is 1.31. The van der Waals surface area contributed by atoms with E-state index < -0.39 is 22.9 Å². The SMILES string of the molecule is O=C(Nc1ccccc1)c1c(O)nc[nH]c1=O. The number of nitrogens with zero attached hydrogens (tertiary/aromatic N) is 1. The van der Waals surface area contributed by atoms with Crippen LogP contribution < -0.4 is 10.9 Å². The lowest BCUT2D eigenvalue weighted by Gasteiger charge is -2.04. The Kier molecular flexibility index (Phi) is 2.87. The quantitative estimate of drug-likeness (QED) is 0.709. The number of nitrogens with one attached hydrogen (secondary N) is 2. The van der Waals surface area contributed by atoms with Crippen molar-refractivity contribution in [2.75, 3.05) is 5.32 Å².